The molecular formula is C42H60O6. The molecule has 6 atom stereocenters. The number of hydrogen-bond donors (Lipinski definition) is 0. The third-order valence-corrected chi connectivity index (χ3v) is 10.0. The maximum atomic E-state index is 13.9. The van der Waals surface area contributed by atoms with Crippen LogP contribution in [0.3, 0.4) is 0 Å². The van der Waals surface area contributed by atoms with Gasteiger partial charge in [-0.15, -0.1) is 0 Å². The normalized spacial score (nSPS) is 26.5. The van der Waals surface area contributed by atoms with Crippen molar-refractivity contribution in [1.29, 1.82) is 0 Å². The van der Waals surface area contributed by atoms with Crippen molar-refractivity contribution in [1.82, 2.24) is 0 Å². The topological polar surface area (TPSA) is 71.1 Å². The van der Waals surface area contributed by atoms with Gasteiger partial charge in [-0.05, 0) is 84.7 Å². The first-order valence-electron chi connectivity index (χ1n) is 17.9. The van der Waals surface area contributed by atoms with Crippen molar-refractivity contribution in [2.24, 2.45) is 47.3 Å². The highest BCUT2D eigenvalue weighted by atomic mass is 16.5. The Bertz CT molecular complexity index is 1220. The van der Waals surface area contributed by atoms with Crippen LogP contribution in [0.1, 0.15) is 104 Å². The molecule has 1 unspecified atom stereocenters. The van der Waals surface area contributed by atoms with E-state index in [2.05, 4.69) is 67.5 Å². The summed E-state index contributed by atoms with van der Waals surface area (Å²) in [7, 11) is 3.31. The average Bonchev–Trinajstić information content (AvgIpc) is 3.05. The van der Waals surface area contributed by atoms with Crippen LogP contribution < -0.4 is 9.47 Å². The van der Waals surface area contributed by atoms with Crippen molar-refractivity contribution >= 4 is 11.9 Å². The number of allylic oxidation sites excluding steroid dienone is 4. The Morgan fingerprint density at radius 2 is 0.812 bits per heavy atom. The van der Waals surface area contributed by atoms with E-state index < -0.39 is 12.2 Å². The minimum absolute atomic E-state index is 0.0559. The number of esters is 2. The summed E-state index contributed by atoms with van der Waals surface area (Å²) in [5.74, 6) is 1.34. The number of benzene rings is 2. The minimum Gasteiger partial charge on any atom is -0.497 e. The van der Waals surface area contributed by atoms with E-state index in [0.29, 0.717) is 12.8 Å². The third-order valence-electron chi connectivity index (χ3n) is 10.0. The molecule has 48 heavy (non-hydrogen) atoms. The molecule has 0 aliphatic carbocycles. The molecule has 6 nitrogen and oxygen atoms in total. The third kappa shape index (κ3) is 10.7. The molecule has 1 aliphatic heterocycles. The van der Waals surface area contributed by atoms with Gasteiger partial charge in [0.25, 0.3) is 0 Å². The zero-order valence-corrected chi connectivity index (χ0v) is 31.0. The highest BCUT2D eigenvalue weighted by Gasteiger charge is 2.34. The lowest BCUT2D eigenvalue weighted by atomic mass is 9.81. The molecular weight excluding hydrogens is 600 g/mol. The molecule has 3 rings (SSSR count). The van der Waals surface area contributed by atoms with Crippen LogP contribution in [0.15, 0.2) is 72.8 Å². The van der Waals surface area contributed by atoms with Crippen molar-refractivity contribution in [3.63, 3.8) is 0 Å². The largest absolute Gasteiger partial charge is 0.497 e. The predicted molar refractivity (Wildman–Crippen MR) is 194 cm³/mol. The zero-order chi connectivity index (χ0) is 35.4. The highest BCUT2D eigenvalue weighted by Crippen LogP contribution is 2.39. The van der Waals surface area contributed by atoms with Gasteiger partial charge in [0.2, 0.25) is 0 Å². The predicted octanol–water partition coefficient (Wildman–Crippen LogP) is 10.3. The number of carbonyl (C=O) groups is 2. The molecule has 2 aromatic rings. The number of rotatable bonds is 8. The molecule has 1 heterocycles. The molecule has 0 fully saturated rings. The fourth-order valence-electron chi connectivity index (χ4n) is 6.58. The fraction of sp³-hybridized carbons (Fsp3) is 0.571. The summed E-state index contributed by atoms with van der Waals surface area (Å²) < 4.78 is 23.9. The van der Waals surface area contributed by atoms with E-state index in [1.807, 2.05) is 60.7 Å². The van der Waals surface area contributed by atoms with E-state index in [0.717, 1.165) is 35.5 Å². The lowest BCUT2D eigenvalue weighted by molar-refractivity contribution is -0.161. The first-order valence-corrected chi connectivity index (χ1v) is 17.9. The van der Waals surface area contributed by atoms with Crippen molar-refractivity contribution in [2.75, 3.05) is 14.2 Å². The Kier molecular flexibility index (Phi) is 15.3. The van der Waals surface area contributed by atoms with Gasteiger partial charge in [-0.1, -0.05) is 104 Å². The van der Waals surface area contributed by atoms with Crippen LogP contribution in [0.4, 0.5) is 0 Å². The van der Waals surface area contributed by atoms with Gasteiger partial charge in [0, 0.05) is 11.8 Å². The number of carbonyl (C=O) groups excluding carboxylic acids is 2. The number of hydrogen-bond acceptors (Lipinski definition) is 6. The lowest BCUT2D eigenvalue weighted by Gasteiger charge is -2.33. The Hall–Kier alpha value is -3.54. The highest BCUT2D eigenvalue weighted by molar-refractivity contribution is 5.74. The minimum atomic E-state index is -0.406. The summed E-state index contributed by atoms with van der Waals surface area (Å²) in [4.78, 5) is 27.8. The smallest absolute Gasteiger partial charge is 0.310 e. The van der Waals surface area contributed by atoms with Crippen molar-refractivity contribution in [3.05, 3.63) is 84.0 Å². The average molecular weight is 661 g/mol. The van der Waals surface area contributed by atoms with Crippen LogP contribution in [0, 0.1) is 47.3 Å². The number of ether oxygens (including phenoxy) is 4. The number of methoxy groups -OCH3 is 2. The molecule has 0 aromatic heterocycles. The standard InChI is InChI=1S/C42H60O6/c1-27(2)35-15-11-12-16-36(28(3)4)40(32-21-25-34(46-10)26-22-32)48-42(44)38(30(7)8)18-14-13-17-37(29(5)6)41(43)47-39(35)31-19-23-33(45-9)24-20-31/h11-14,19-30,35-40H,15-18H2,1-10H3/b12-11+,14-13+/t35-,36-,37-,38-,39+,40?/m0/s1. The van der Waals surface area contributed by atoms with Crippen molar-refractivity contribution < 1.29 is 28.5 Å². The molecule has 1 aliphatic rings. The SMILES string of the molecule is COc1ccc(C2OC(=O)[C@H](C(C)C)C/C=C/C[C@@H](C(C)C)C(=O)O[C@H](c3ccc(OC)cc3)[C@H](C(C)C)C/C=C/C[C@H]2C(C)C)cc1. The van der Waals surface area contributed by atoms with Crippen LogP contribution in [0.2, 0.25) is 0 Å². The second-order valence-electron chi connectivity index (χ2n) is 14.7. The molecule has 6 heteroatoms. The molecule has 0 spiro atoms. The van der Waals surface area contributed by atoms with Crippen LogP contribution in [0.5, 0.6) is 11.5 Å². The van der Waals surface area contributed by atoms with E-state index in [1.165, 1.54) is 0 Å². The van der Waals surface area contributed by atoms with Crippen LogP contribution in [0.25, 0.3) is 0 Å². The molecule has 264 valence electrons. The van der Waals surface area contributed by atoms with Crippen molar-refractivity contribution in [3.8, 4) is 11.5 Å². The molecule has 2 aromatic carbocycles. The summed E-state index contributed by atoms with van der Waals surface area (Å²) in [5.41, 5.74) is 1.94. The van der Waals surface area contributed by atoms with Crippen LogP contribution in [-0.2, 0) is 19.1 Å². The van der Waals surface area contributed by atoms with Crippen LogP contribution >= 0.6 is 0 Å². The maximum absolute atomic E-state index is 13.9. The molecule has 0 saturated carbocycles. The summed E-state index contributed by atoms with van der Waals surface area (Å²) in [6.07, 6.45) is 10.3. The molecule has 0 amide bonds. The fourth-order valence-corrected chi connectivity index (χ4v) is 6.58. The Morgan fingerprint density at radius 1 is 0.500 bits per heavy atom. The Morgan fingerprint density at radius 3 is 1.08 bits per heavy atom. The quantitative estimate of drug-likeness (QED) is 0.207. The molecule has 0 N–H and O–H groups in total. The van der Waals surface area contributed by atoms with Gasteiger partial charge >= 0.3 is 11.9 Å². The van der Waals surface area contributed by atoms with Gasteiger partial charge in [0.15, 0.2) is 0 Å². The van der Waals surface area contributed by atoms with Gasteiger partial charge in [0.05, 0.1) is 26.1 Å². The van der Waals surface area contributed by atoms with Crippen molar-refractivity contribution in [2.45, 2.75) is 93.3 Å². The van der Waals surface area contributed by atoms with Gasteiger partial charge in [-0.3, -0.25) is 9.59 Å². The Balaban J connectivity index is 2.09. The second-order valence-corrected chi connectivity index (χ2v) is 14.7. The first kappa shape index (κ1) is 38.9. The summed E-state index contributed by atoms with van der Waals surface area (Å²) in [6.45, 7) is 17.0. The number of cyclic esters (lactones) is 2. The Labute approximate surface area is 290 Å². The summed E-state index contributed by atoms with van der Waals surface area (Å²) >= 11 is 0. The van der Waals surface area contributed by atoms with Gasteiger partial charge in [0.1, 0.15) is 23.7 Å². The van der Waals surface area contributed by atoms with Gasteiger partial charge in [-0.25, -0.2) is 0 Å². The van der Waals surface area contributed by atoms with E-state index in [4.69, 9.17) is 18.9 Å². The lowest BCUT2D eigenvalue weighted by Crippen LogP contribution is -2.30. The van der Waals surface area contributed by atoms with E-state index >= 15 is 0 Å². The maximum Gasteiger partial charge on any atom is 0.310 e. The zero-order valence-electron chi connectivity index (χ0n) is 31.0. The summed E-state index contributed by atoms with van der Waals surface area (Å²) in [5, 5.41) is 0. The first-order chi connectivity index (χ1) is 22.9. The van der Waals surface area contributed by atoms with E-state index in [-0.39, 0.29) is 59.3 Å². The monoisotopic (exact) mass is 660 g/mol. The summed E-state index contributed by atoms with van der Waals surface area (Å²) in [6, 6.07) is 15.8. The van der Waals surface area contributed by atoms with Crippen LogP contribution in [-0.4, -0.2) is 26.2 Å². The molecule has 0 bridgehead atoms. The second kappa shape index (κ2) is 18.9. The van der Waals surface area contributed by atoms with Gasteiger partial charge < -0.3 is 18.9 Å². The molecule has 0 radical (unpaired) electrons. The van der Waals surface area contributed by atoms with E-state index in [9.17, 15) is 9.59 Å². The van der Waals surface area contributed by atoms with Gasteiger partial charge in [-0.2, -0.15) is 0 Å². The van der Waals surface area contributed by atoms with E-state index in [1.54, 1.807) is 14.2 Å². The molecule has 0 saturated heterocycles.